The zero-order chi connectivity index (χ0) is 10.6. The van der Waals surface area contributed by atoms with Crippen LogP contribution in [-0.2, 0) is 4.79 Å². The molecule has 0 bridgehead atoms. The summed E-state index contributed by atoms with van der Waals surface area (Å²) in [6, 6.07) is 0.511. The molecule has 0 aliphatic carbocycles. The lowest BCUT2D eigenvalue weighted by Gasteiger charge is -2.34. The fourth-order valence-electron chi connectivity index (χ4n) is 1.93. The predicted octanol–water partition coefficient (Wildman–Crippen LogP) is 1.24. The van der Waals surface area contributed by atoms with E-state index >= 15 is 0 Å². The van der Waals surface area contributed by atoms with Crippen LogP contribution in [0.25, 0.3) is 0 Å². The molecular weight excluding hydrogens is 176 g/mol. The Bertz CT molecular complexity index is 190. The van der Waals surface area contributed by atoms with Crippen LogP contribution in [0.15, 0.2) is 0 Å². The van der Waals surface area contributed by atoms with Gasteiger partial charge in [-0.2, -0.15) is 0 Å². The van der Waals surface area contributed by atoms with Crippen molar-refractivity contribution in [1.29, 1.82) is 0 Å². The summed E-state index contributed by atoms with van der Waals surface area (Å²) in [7, 11) is 0. The van der Waals surface area contributed by atoms with Crippen LogP contribution in [0.2, 0.25) is 0 Å². The van der Waals surface area contributed by atoms with Crippen molar-refractivity contribution in [2.24, 2.45) is 5.92 Å². The second kappa shape index (κ2) is 5.35. The van der Waals surface area contributed by atoms with Crippen LogP contribution < -0.4 is 5.32 Å². The average Bonchev–Trinajstić information content (AvgIpc) is 2.17. The Morgan fingerprint density at radius 2 is 2.29 bits per heavy atom. The Kier molecular flexibility index (Phi) is 4.39. The molecule has 0 aromatic rings. The Morgan fingerprint density at radius 1 is 1.57 bits per heavy atom. The van der Waals surface area contributed by atoms with E-state index in [2.05, 4.69) is 12.2 Å². The second-order valence-corrected chi connectivity index (χ2v) is 4.38. The van der Waals surface area contributed by atoms with Crippen LogP contribution in [0.1, 0.15) is 33.6 Å². The van der Waals surface area contributed by atoms with Crippen molar-refractivity contribution in [2.45, 2.75) is 39.7 Å². The maximum Gasteiger partial charge on any atom is 0.225 e. The van der Waals surface area contributed by atoms with Crippen molar-refractivity contribution >= 4 is 5.91 Å². The van der Waals surface area contributed by atoms with Gasteiger partial charge in [0.1, 0.15) is 0 Å². The Hall–Kier alpha value is -0.570. The van der Waals surface area contributed by atoms with Gasteiger partial charge >= 0.3 is 0 Å². The Balaban J connectivity index is 2.43. The third kappa shape index (κ3) is 2.98. The Labute approximate surface area is 86.9 Å². The van der Waals surface area contributed by atoms with E-state index in [4.69, 9.17) is 0 Å². The maximum atomic E-state index is 11.7. The first kappa shape index (κ1) is 11.5. The molecular formula is C11H22N2O. The largest absolute Gasteiger partial charge is 0.340 e. The number of hydrogen-bond donors (Lipinski definition) is 1. The molecule has 1 heterocycles. The highest BCUT2D eigenvalue weighted by Gasteiger charge is 2.23. The van der Waals surface area contributed by atoms with E-state index in [9.17, 15) is 4.79 Å². The van der Waals surface area contributed by atoms with Gasteiger partial charge in [-0.25, -0.2) is 0 Å². The molecule has 1 aliphatic rings. The quantitative estimate of drug-likeness (QED) is 0.740. The molecule has 1 aliphatic heterocycles. The standard InChI is InChI=1S/C11H22N2O/c1-4-5-10-8-13(7-6-12-10)11(14)9(2)3/h9-10,12H,4-8H2,1-3H3. The molecule has 0 radical (unpaired) electrons. The monoisotopic (exact) mass is 198 g/mol. The molecule has 0 spiro atoms. The van der Waals surface area contributed by atoms with Crippen LogP contribution in [0.3, 0.4) is 0 Å². The number of carbonyl (C=O) groups is 1. The molecule has 1 atom stereocenters. The van der Waals surface area contributed by atoms with Gasteiger partial charge in [-0.15, -0.1) is 0 Å². The fraction of sp³-hybridized carbons (Fsp3) is 0.909. The molecule has 1 fully saturated rings. The van der Waals surface area contributed by atoms with Gasteiger partial charge in [0.15, 0.2) is 0 Å². The smallest absolute Gasteiger partial charge is 0.225 e. The normalized spacial score (nSPS) is 22.9. The molecule has 1 saturated heterocycles. The summed E-state index contributed by atoms with van der Waals surface area (Å²) < 4.78 is 0. The lowest BCUT2D eigenvalue weighted by Crippen LogP contribution is -2.53. The molecule has 1 rings (SSSR count). The minimum atomic E-state index is 0.135. The molecule has 0 aromatic carbocycles. The summed E-state index contributed by atoms with van der Waals surface area (Å²) in [5.74, 6) is 0.433. The van der Waals surface area contributed by atoms with E-state index in [1.165, 1.54) is 12.8 Å². The molecule has 14 heavy (non-hydrogen) atoms. The highest BCUT2D eigenvalue weighted by molar-refractivity contribution is 5.78. The first-order valence-electron chi connectivity index (χ1n) is 5.67. The summed E-state index contributed by atoms with van der Waals surface area (Å²) in [4.78, 5) is 13.7. The van der Waals surface area contributed by atoms with Crippen LogP contribution in [-0.4, -0.2) is 36.5 Å². The van der Waals surface area contributed by atoms with Crippen molar-refractivity contribution in [1.82, 2.24) is 10.2 Å². The second-order valence-electron chi connectivity index (χ2n) is 4.38. The van der Waals surface area contributed by atoms with Gasteiger partial charge in [0.25, 0.3) is 0 Å². The Morgan fingerprint density at radius 3 is 2.86 bits per heavy atom. The van der Waals surface area contributed by atoms with E-state index in [-0.39, 0.29) is 5.92 Å². The molecule has 0 saturated carbocycles. The maximum absolute atomic E-state index is 11.7. The van der Waals surface area contributed by atoms with Gasteiger partial charge < -0.3 is 10.2 Å². The molecule has 0 aromatic heterocycles. The van der Waals surface area contributed by atoms with Crippen molar-refractivity contribution in [3.63, 3.8) is 0 Å². The van der Waals surface area contributed by atoms with Gasteiger partial charge in [-0.05, 0) is 6.42 Å². The van der Waals surface area contributed by atoms with Crippen LogP contribution in [0.5, 0.6) is 0 Å². The van der Waals surface area contributed by atoms with Crippen LogP contribution >= 0.6 is 0 Å². The SMILES string of the molecule is CCCC1CN(C(=O)C(C)C)CCN1. The highest BCUT2D eigenvalue weighted by Crippen LogP contribution is 2.08. The lowest BCUT2D eigenvalue weighted by atomic mass is 10.1. The number of nitrogens with one attached hydrogen (secondary N) is 1. The molecule has 1 amide bonds. The number of nitrogens with zero attached hydrogens (tertiary/aromatic N) is 1. The topological polar surface area (TPSA) is 32.3 Å². The zero-order valence-electron chi connectivity index (χ0n) is 9.55. The van der Waals surface area contributed by atoms with E-state index in [1.807, 2.05) is 18.7 Å². The van der Waals surface area contributed by atoms with E-state index in [1.54, 1.807) is 0 Å². The number of carbonyl (C=O) groups excluding carboxylic acids is 1. The molecule has 3 nitrogen and oxygen atoms in total. The number of hydrogen-bond acceptors (Lipinski definition) is 2. The fourth-order valence-corrected chi connectivity index (χ4v) is 1.93. The first-order chi connectivity index (χ1) is 6.65. The highest BCUT2D eigenvalue weighted by atomic mass is 16.2. The summed E-state index contributed by atoms with van der Waals surface area (Å²) in [5.41, 5.74) is 0. The first-order valence-corrected chi connectivity index (χ1v) is 5.67. The lowest BCUT2D eigenvalue weighted by molar-refractivity contribution is -0.135. The molecule has 1 N–H and O–H groups in total. The summed E-state index contributed by atoms with van der Waals surface area (Å²) >= 11 is 0. The summed E-state index contributed by atoms with van der Waals surface area (Å²) in [6.45, 7) is 8.84. The minimum absolute atomic E-state index is 0.135. The third-order valence-corrected chi connectivity index (χ3v) is 2.70. The van der Waals surface area contributed by atoms with Gasteiger partial charge in [-0.3, -0.25) is 4.79 Å². The van der Waals surface area contributed by atoms with Gasteiger partial charge in [0.05, 0.1) is 0 Å². The van der Waals surface area contributed by atoms with Gasteiger partial charge in [0, 0.05) is 31.6 Å². The van der Waals surface area contributed by atoms with Crippen LogP contribution in [0.4, 0.5) is 0 Å². The average molecular weight is 198 g/mol. The summed E-state index contributed by atoms with van der Waals surface area (Å²) in [5, 5.41) is 3.45. The number of rotatable bonds is 3. The van der Waals surface area contributed by atoms with E-state index in [0.717, 1.165) is 19.6 Å². The van der Waals surface area contributed by atoms with Gasteiger partial charge in [-0.1, -0.05) is 27.2 Å². The zero-order valence-corrected chi connectivity index (χ0v) is 9.55. The van der Waals surface area contributed by atoms with Crippen LogP contribution in [0, 0.1) is 5.92 Å². The molecule has 3 heteroatoms. The van der Waals surface area contributed by atoms with Gasteiger partial charge in [0.2, 0.25) is 5.91 Å². The van der Waals surface area contributed by atoms with Crippen molar-refractivity contribution in [2.75, 3.05) is 19.6 Å². The van der Waals surface area contributed by atoms with Crippen molar-refractivity contribution < 1.29 is 4.79 Å². The predicted molar refractivity (Wildman–Crippen MR) is 58.1 cm³/mol. The van der Waals surface area contributed by atoms with Crippen molar-refractivity contribution in [3.8, 4) is 0 Å². The van der Waals surface area contributed by atoms with E-state index in [0.29, 0.717) is 11.9 Å². The summed E-state index contributed by atoms with van der Waals surface area (Å²) in [6.07, 6.45) is 2.35. The van der Waals surface area contributed by atoms with Crippen molar-refractivity contribution in [3.05, 3.63) is 0 Å². The molecule has 1 unspecified atom stereocenters. The number of piperazine rings is 1. The third-order valence-electron chi connectivity index (χ3n) is 2.70. The minimum Gasteiger partial charge on any atom is -0.340 e. The van der Waals surface area contributed by atoms with E-state index < -0.39 is 0 Å². The molecule has 82 valence electrons. The number of amides is 1.